The third-order valence-corrected chi connectivity index (χ3v) is 2.77. The number of ketones is 1. The largest absolute Gasteiger partial charge is 0.294 e. The van der Waals surface area contributed by atoms with Crippen molar-refractivity contribution in [3.05, 3.63) is 29.3 Å². The lowest BCUT2D eigenvalue weighted by molar-refractivity contribution is 0.0985. The van der Waals surface area contributed by atoms with Crippen LogP contribution in [0.2, 0.25) is 0 Å². The Morgan fingerprint density at radius 3 is 2.69 bits per heavy atom. The summed E-state index contributed by atoms with van der Waals surface area (Å²) in [7, 11) is 0. The maximum Gasteiger partial charge on any atom is 0.163 e. The predicted molar refractivity (Wildman–Crippen MR) is 57.6 cm³/mol. The molecule has 0 saturated heterocycles. The van der Waals surface area contributed by atoms with Crippen molar-refractivity contribution < 1.29 is 4.79 Å². The number of rotatable bonds is 3. The van der Waals surface area contributed by atoms with Crippen molar-refractivity contribution >= 4 is 17.5 Å². The quantitative estimate of drug-likeness (QED) is 0.542. The van der Waals surface area contributed by atoms with Crippen LogP contribution in [0.25, 0.3) is 0 Å². The van der Waals surface area contributed by atoms with Crippen molar-refractivity contribution in [3.63, 3.8) is 0 Å². The van der Waals surface area contributed by atoms with Gasteiger partial charge >= 0.3 is 0 Å². The molecular formula is C11H14OS. The SMILES string of the molecule is CCC(=O)c1cc(C)ccc1SC. The van der Waals surface area contributed by atoms with E-state index in [1.54, 1.807) is 11.8 Å². The third-order valence-electron chi connectivity index (χ3n) is 1.98. The van der Waals surface area contributed by atoms with Crippen LogP contribution < -0.4 is 0 Å². The smallest absolute Gasteiger partial charge is 0.163 e. The van der Waals surface area contributed by atoms with Gasteiger partial charge in [0.25, 0.3) is 0 Å². The van der Waals surface area contributed by atoms with Crippen LogP contribution in [-0.2, 0) is 0 Å². The molecule has 0 atom stereocenters. The number of thioether (sulfide) groups is 1. The fourth-order valence-electron chi connectivity index (χ4n) is 1.23. The summed E-state index contributed by atoms with van der Waals surface area (Å²) in [4.78, 5) is 12.6. The molecule has 0 heterocycles. The summed E-state index contributed by atoms with van der Waals surface area (Å²) in [6.45, 7) is 3.91. The van der Waals surface area contributed by atoms with Gasteiger partial charge < -0.3 is 0 Å². The average molecular weight is 194 g/mol. The van der Waals surface area contributed by atoms with Gasteiger partial charge in [0.2, 0.25) is 0 Å². The molecule has 0 radical (unpaired) electrons. The van der Waals surface area contributed by atoms with Gasteiger partial charge in [-0.2, -0.15) is 0 Å². The maximum atomic E-state index is 11.5. The Morgan fingerprint density at radius 2 is 2.15 bits per heavy atom. The van der Waals surface area contributed by atoms with Crippen LogP contribution in [0.5, 0.6) is 0 Å². The van der Waals surface area contributed by atoms with E-state index in [1.165, 1.54) is 0 Å². The highest BCUT2D eigenvalue weighted by atomic mass is 32.2. The second kappa shape index (κ2) is 4.47. The molecule has 0 fully saturated rings. The maximum absolute atomic E-state index is 11.5. The second-order valence-corrected chi connectivity index (χ2v) is 3.83. The molecule has 13 heavy (non-hydrogen) atoms. The molecule has 2 heteroatoms. The molecule has 1 aromatic rings. The molecule has 0 aliphatic rings. The standard InChI is InChI=1S/C11H14OS/c1-4-10(12)9-7-8(2)5-6-11(9)13-3/h5-7H,4H2,1-3H3. The Balaban J connectivity index is 3.15. The molecule has 0 bridgehead atoms. The van der Waals surface area contributed by atoms with Crippen LogP contribution >= 0.6 is 11.8 Å². The van der Waals surface area contributed by atoms with Crippen molar-refractivity contribution in [1.29, 1.82) is 0 Å². The molecule has 0 unspecified atom stereocenters. The molecule has 0 saturated carbocycles. The number of carbonyl (C=O) groups excluding carboxylic acids is 1. The first-order valence-electron chi connectivity index (χ1n) is 4.37. The summed E-state index contributed by atoms with van der Waals surface area (Å²) >= 11 is 1.63. The van der Waals surface area contributed by atoms with Crippen molar-refractivity contribution in [1.82, 2.24) is 0 Å². The minimum atomic E-state index is 0.230. The van der Waals surface area contributed by atoms with E-state index in [9.17, 15) is 4.79 Å². The summed E-state index contributed by atoms with van der Waals surface area (Å²) < 4.78 is 0. The van der Waals surface area contributed by atoms with Crippen LogP contribution in [0, 0.1) is 6.92 Å². The summed E-state index contributed by atoms with van der Waals surface area (Å²) in [5, 5.41) is 0. The summed E-state index contributed by atoms with van der Waals surface area (Å²) in [6, 6.07) is 6.03. The first-order chi connectivity index (χ1) is 6.19. The Labute approximate surface area is 83.5 Å². The number of hydrogen-bond donors (Lipinski definition) is 0. The van der Waals surface area contributed by atoms with E-state index in [0.717, 1.165) is 16.0 Å². The number of benzene rings is 1. The third kappa shape index (κ3) is 2.34. The Morgan fingerprint density at radius 1 is 1.46 bits per heavy atom. The van der Waals surface area contributed by atoms with Gasteiger partial charge in [0.05, 0.1) is 0 Å². The van der Waals surface area contributed by atoms with Crippen molar-refractivity contribution in [2.75, 3.05) is 6.26 Å². The molecule has 0 aliphatic carbocycles. The van der Waals surface area contributed by atoms with E-state index in [-0.39, 0.29) is 5.78 Å². The number of carbonyl (C=O) groups is 1. The first kappa shape index (κ1) is 10.3. The zero-order valence-corrected chi connectivity index (χ0v) is 9.07. The molecule has 1 rings (SSSR count). The Hall–Kier alpha value is -0.760. The Bertz CT molecular complexity index is 318. The normalized spacial score (nSPS) is 10.1. The molecule has 70 valence electrons. The van der Waals surface area contributed by atoms with Crippen molar-refractivity contribution in [2.45, 2.75) is 25.2 Å². The topological polar surface area (TPSA) is 17.1 Å². The number of hydrogen-bond acceptors (Lipinski definition) is 2. The van der Waals surface area contributed by atoms with Crippen molar-refractivity contribution in [2.24, 2.45) is 0 Å². The van der Waals surface area contributed by atoms with Crippen molar-refractivity contribution in [3.8, 4) is 0 Å². The van der Waals surface area contributed by atoms with Crippen LogP contribution in [0.15, 0.2) is 23.1 Å². The van der Waals surface area contributed by atoms with Gasteiger partial charge in [-0.05, 0) is 25.3 Å². The van der Waals surface area contributed by atoms with E-state index in [1.807, 2.05) is 38.3 Å². The lowest BCUT2D eigenvalue weighted by Gasteiger charge is -2.05. The van der Waals surface area contributed by atoms with Gasteiger partial charge in [0.1, 0.15) is 0 Å². The van der Waals surface area contributed by atoms with Crippen LogP contribution in [0.4, 0.5) is 0 Å². The Kier molecular flexibility index (Phi) is 3.55. The monoisotopic (exact) mass is 194 g/mol. The summed E-state index contributed by atoms with van der Waals surface area (Å²) in [5.74, 6) is 0.230. The number of Topliss-reactive ketones (excluding diaryl/α,β-unsaturated/α-hetero) is 1. The highest BCUT2D eigenvalue weighted by Gasteiger charge is 2.08. The zero-order valence-electron chi connectivity index (χ0n) is 8.26. The molecule has 0 aliphatic heterocycles. The van der Waals surface area contributed by atoms with Crippen LogP contribution in [0.1, 0.15) is 29.3 Å². The minimum absolute atomic E-state index is 0.230. The van der Waals surface area contributed by atoms with Gasteiger partial charge in [0, 0.05) is 16.9 Å². The number of aryl methyl sites for hydroxylation is 1. The van der Waals surface area contributed by atoms with Crippen LogP contribution in [0.3, 0.4) is 0 Å². The lowest BCUT2D eigenvalue weighted by Crippen LogP contribution is -1.99. The van der Waals surface area contributed by atoms with E-state index >= 15 is 0 Å². The van der Waals surface area contributed by atoms with Gasteiger partial charge in [-0.3, -0.25) is 4.79 Å². The molecule has 1 aromatic carbocycles. The predicted octanol–water partition coefficient (Wildman–Crippen LogP) is 3.31. The summed E-state index contributed by atoms with van der Waals surface area (Å²) in [6.07, 6.45) is 2.58. The molecule has 0 aromatic heterocycles. The average Bonchev–Trinajstić information content (AvgIpc) is 2.16. The highest BCUT2D eigenvalue weighted by Crippen LogP contribution is 2.22. The molecule has 0 N–H and O–H groups in total. The zero-order chi connectivity index (χ0) is 9.84. The van der Waals surface area contributed by atoms with Gasteiger partial charge in [-0.15, -0.1) is 11.8 Å². The van der Waals surface area contributed by atoms with E-state index in [4.69, 9.17) is 0 Å². The minimum Gasteiger partial charge on any atom is -0.294 e. The van der Waals surface area contributed by atoms with E-state index in [2.05, 4.69) is 0 Å². The molecular weight excluding hydrogens is 180 g/mol. The molecule has 1 nitrogen and oxygen atoms in total. The fourth-order valence-corrected chi connectivity index (χ4v) is 1.83. The van der Waals surface area contributed by atoms with E-state index < -0.39 is 0 Å². The summed E-state index contributed by atoms with van der Waals surface area (Å²) in [5.41, 5.74) is 2.02. The molecule has 0 amide bonds. The van der Waals surface area contributed by atoms with Gasteiger partial charge in [0.15, 0.2) is 5.78 Å². The van der Waals surface area contributed by atoms with Gasteiger partial charge in [-0.1, -0.05) is 18.6 Å². The fraction of sp³-hybridized carbons (Fsp3) is 0.364. The molecule has 0 spiro atoms. The van der Waals surface area contributed by atoms with Gasteiger partial charge in [-0.25, -0.2) is 0 Å². The van der Waals surface area contributed by atoms with E-state index in [0.29, 0.717) is 6.42 Å². The first-order valence-corrected chi connectivity index (χ1v) is 5.59. The van der Waals surface area contributed by atoms with Crippen LogP contribution in [-0.4, -0.2) is 12.0 Å². The second-order valence-electron chi connectivity index (χ2n) is 2.98. The lowest BCUT2D eigenvalue weighted by atomic mass is 10.1. The highest BCUT2D eigenvalue weighted by molar-refractivity contribution is 7.98.